The van der Waals surface area contributed by atoms with Crippen LogP contribution in [0.2, 0.25) is 5.02 Å². The Balaban J connectivity index is 1.73. The molecule has 0 saturated carbocycles. The van der Waals surface area contributed by atoms with E-state index in [-0.39, 0.29) is 36.6 Å². The molecule has 2 rings (SSSR count). The van der Waals surface area contributed by atoms with E-state index >= 15 is 0 Å². The average Bonchev–Trinajstić information content (AvgIpc) is 3.02. The molecular formula is C16H17ClN2O3. The first-order chi connectivity index (χ1) is 10.6. The Bertz CT molecular complexity index is 623. The van der Waals surface area contributed by atoms with Crippen molar-refractivity contribution in [2.75, 3.05) is 6.54 Å². The summed E-state index contributed by atoms with van der Waals surface area (Å²) in [5, 5.41) is 6.15. The Morgan fingerprint density at radius 2 is 1.95 bits per heavy atom. The van der Waals surface area contributed by atoms with Crippen molar-refractivity contribution in [3.63, 3.8) is 0 Å². The van der Waals surface area contributed by atoms with Crippen LogP contribution < -0.4 is 10.6 Å². The average molecular weight is 321 g/mol. The van der Waals surface area contributed by atoms with Crippen molar-refractivity contribution in [3.8, 4) is 0 Å². The van der Waals surface area contributed by atoms with Gasteiger partial charge in [-0.25, -0.2) is 0 Å². The number of furan rings is 1. The maximum absolute atomic E-state index is 11.8. The van der Waals surface area contributed by atoms with Gasteiger partial charge in [-0.15, -0.1) is 0 Å². The van der Waals surface area contributed by atoms with Gasteiger partial charge in [-0.2, -0.15) is 0 Å². The molecule has 6 heteroatoms. The SMILES string of the molecule is CC(NC(=O)CCNC(=O)c1ccco1)c1ccc(Cl)cc1. The van der Waals surface area contributed by atoms with Gasteiger partial charge in [0, 0.05) is 18.0 Å². The summed E-state index contributed by atoms with van der Waals surface area (Å²) in [7, 11) is 0. The summed E-state index contributed by atoms with van der Waals surface area (Å²) < 4.78 is 4.96. The summed E-state index contributed by atoms with van der Waals surface area (Å²) in [6, 6.07) is 10.4. The van der Waals surface area contributed by atoms with E-state index in [2.05, 4.69) is 10.6 Å². The monoisotopic (exact) mass is 320 g/mol. The number of hydrogen-bond acceptors (Lipinski definition) is 3. The number of amides is 2. The van der Waals surface area contributed by atoms with Gasteiger partial charge in [-0.3, -0.25) is 9.59 Å². The first-order valence-electron chi connectivity index (χ1n) is 6.93. The number of hydrogen-bond donors (Lipinski definition) is 2. The van der Waals surface area contributed by atoms with Crippen molar-refractivity contribution >= 4 is 23.4 Å². The fraction of sp³-hybridized carbons (Fsp3) is 0.250. The third kappa shape index (κ3) is 4.63. The molecule has 1 aromatic carbocycles. The molecule has 116 valence electrons. The molecule has 1 aromatic heterocycles. The first-order valence-corrected chi connectivity index (χ1v) is 7.30. The van der Waals surface area contributed by atoms with E-state index in [9.17, 15) is 9.59 Å². The summed E-state index contributed by atoms with van der Waals surface area (Å²) in [6.45, 7) is 2.14. The Labute approximate surface area is 133 Å². The van der Waals surface area contributed by atoms with Gasteiger partial charge in [-0.05, 0) is 36.8 Å². The molecule has 0 fully saturated rings. The number of benzene rings is 1. The molecule has 0 bridgehead atoms. The second-order valence-corrected chi connectivity index (χ2v) is 5.26. The van der Waals surface area contributed by atoms with Crippen molar-refractivity contribution < 1.29 is 14.0 Å². The van der Waals surface area contributed by atoms with Gasteiger partial charge < -0.3 is 15.1 Å². The predicted molar refractivity (Wildman–Crippen MR) is 83.7 cm³/mol. The second kappa shape index (κ2) is 7.66. The topological polar surface area (TPSA) is 71.3 Å². The molecular weight excluding hydrogens is 304 g/mol. The molecule has 0 saturated heterocycles. The van der Waals surface area contributed by atoms with Gasteiger partial charge in [0.15, 0.2) is 5.76 Å². The van der Waals surface area contributed by atoms with Crippen LogP contribution in [-0.2, 0) is 4.79 Å². The van der Waals surface area contributed by atoms with Crippen molar-refractivity contribution in [3.05, 3.63) is 59.0 Å². The quantitative estimate of drug-likeness (QED) is 0.859. The largest absolute Gasteiger partial charge is 0.459 e. The summed E-state index contributed by atoms with van der Waals surface area (Å²) >= 11 is 5.83. The number of rotatable bonds is 6. The minimum atomic E-state index is -0.330. The lowest BCUT2D eigenvalue weighted by Crippen LogP contribution is -2.31. The molecule has 5 nitrogen and oxygen atoms in total. The maximum atomic E-state index is 11.8. The van der Waals surface area contributed by atoms with Crippen molar-refractivity contribution in [2.24, 2.45) is 0 Å². The van der Waals surface area contributed by atoms with E-state index in [0.717, 1.165) is 5.56 Å². The van der Waals surface area contributed by atoms with E-state index in [1.165, 1.54) is 6.26 Å². The lowest BCUT2D eigenvalue weighted by molar-refractivity contribution is -0.121. The van der Waals surface area contributed by atoms with Gasteiger partial charge in [0.2, 0.25) is 5.91 Å². The maximum Gasteiger partial charge on any atom is 0.286 e. The van der Waals surface area contributed by atoms with Gasteiger partial charge >= 0.3 is 0 Å². The molecule has 22 heavy (non-hydrogen) atoms. The molecule has 2 aromatic rings. The Morgan fingerprint density at radius 1 is 1.23 bits per heavy atom. The molecule has 0 radical (unpaired) electrons. The summed E-state index contributed by atoms with van der Waals surface area (Å²) in [4.78, 5) is 23.5. The van der Waals surface area contributed by atoms with Gasteiger partial charge in [0.05, 0.1) is 12.3 Å². The van der Waals surface area contributed by atoms with Gasteiger partial charge in [-0.1, -0.05) is 23.7 Å². The zero-order valence-corrected chi connectivity index (χ0v) is 12.9. The van der Waals surface area contributed by atoms with E-state index in [1.54, 1.807) is 24.3 Å². The number of nitrogens with one attached hydrogen (secondary N) is 2. The molecule has 1 heterocycles. The highest BCUT2D eigenvalue weighted by Gasteiger charge is 2.11. The number of halogens is 1. The van der Waals surface area contributed by atoms with Crippen LogP contribution in [0, 0.1) is 0 Å². The third-order valence-electron chi connectivity index (χ3n) is 3.13. The summed E-state index contributed by atoms with van der Waals surface area (Å²) in [5.74, 6) is -0.235. The fourth-order valence-corrected chi connectivity index (χ4v) is 2.06. The third-order valence-corrected chi connectivity index (χ3v) is 3.38. The minimum absolute atomic E-state index is 0.120. The van der Waals surface area contributed by atoms with Crippen LogP contribution in [-0.4, -0.2) is 18.4 Å². The highest BCUT2D eigenvalue weighted by Crippen LogP contribution is 2.15. The zero-order valence-electron chi connectivity index (χ0n) is 12.1. The van der Waals surface area contributed by atoms with Gasteiger partial charge in [0.1, 0.15) is 0 Å². The number of carbonyl (C=O) groups excluding carboxylic acids is 2. The van der Waals surface area contributed by atoms with Gasteiger partial charge in [0.25, 0.3) is 5.91 Å². The molecule has 0 spiro atoms. The predicted octanol–water partition coefficient (Wildman–Crippen LogP) is 2.93. The Morgan fingerprint density at radius 3 is 2.59 bits per heavy atom. The van der Waals surface area contributed by atoms with E-state index in [0.29, 0.717) is 5.02 Å². The van der Waals surface area contributed by atoms with Crippen LogP contribution in [0.5, 0.6) is 0 Å². The van der Waals surface area contributed by atoms with Crippen LogP contribution in [0.1, 0.15) is 35.5 Å². The Hall–Kier alpha value is -2.27. The lowest BCUT2D eigenvalue weighted by atomic mass is 10.1. The molecule has 0 aliphatic rings. The summed E-state index contributed by atoms with van der Waals surface area (Å²) in [6.07, 6.45) is 1.62. The molecule has 1 unspecified atom stereocenters. The zero-order chi connectivity index (χ0) is 15.9. The molecule has 1 atom stereocenters. The molecule has 0 aliphatic heterocycles. The minimum Gasteiger partial charge on any atom is -0.459 e. The molecule has 2 N–H and O–H groups in total. The standard InChI is InChI=1S/C16H17ClN2O3/c1-11(12-4-6-13(17)7-5-12)19-15(20)8-9-18-16(21)14-3-2-10-22-14/h2-7,10-11H,8-9H2,1H3,(H,18,21)(H,19,20). The van der Waals surface area contributed by atoms with Crippen molar-refractivity contribution in [2.45, 2.75) is 19.4 Å². The van der Waals surface area contributed by atoms with Crippen LogP contribution in [0.25, 0.3) is 0 Å². The van der Waals surface area contributed by atoms with E-state index in [4.69, 9.17) is 16.0 Å². The second-order valence-electron chi connectivity index (χ2n) is 4.82. The van der Waals surface area contributed by atoms with E-state index < -0.39 is 0 Å². The smallest absolute Gasteiger partial charge is 0.286 e. The first kappa shape index (κ1) is 16.1. The van der Waals surface area contributed by atoms with Crippen LogP contribution >= 0.6 is 11.6 Å². The highest BCUT2D eigenvalue weighted by atomic mass is 35.5. The Kier molecular flexibility index (Phi) is 5.61. The highest BCUT2D eigenvalue weighted by molar-refractivity contribution is 6.30. The molecule has 2 amide bonds. The van der Waals surface area contributed by atoms with Crippen molar-refractivity contribution in [1.82, 2.24) is 10.6 Å². The van der Waals surface area contributed by atoms with Crippen molar-refractivity contribution in [1.29, 1.82) is 0 Å². The lowest BCUT2D eigenvalue weighted by Gasteiger charge is -2.14. The summed E-state index contributed by atoms with van der Waals surface area (Å²) in [5.41, 5.74) is 0.970. The van der Waals surface area contributed by atoms with Crippen LogP contribution in [0.3, 0.4) is 0 Å². The number of carbonyl (C=O) groups is 2. The van der Waals surface area contributed by atoms with Crippen LogP contribution in [0.15, 0.2) is 47.1 Å². The fourth-order valence-electron chi connectivity index (χ4n) is 1.93. The normalized spacial score (nSPS) is 11.7. The molecule has 0 aliphatic carbocycles. The van der Waals surface area contributed by atoms with Crippen LogP contribution in [0.4, 0.5) is 0 Å². The van der Waals surface area contributed by atoms with E-state index in [1.807, 2.05) is 19.1 Å².